The molecule has 0 saturated carbocycles. The SMILES string of the molecule is COC(=O)c1cccc(CS(=O)(=O)NCCC2CCNC2)c1.Cl. The maximum Gasteiger partial charge on any atom is 0.337 e. The van der Waals surface area contributed by atoms with Crippen LogP contribution in [0.25, 0.3) is 0 Å². The van der Waals surface area contributed by atoms with Crippen molar-refractivity contribution in [2.45, 2.75) is 18.6 Å². The van der Waals surface area contributed by atoms with Gasteiger partial charge in [0.05, 0.1) is 18.4 Å². The molecule has 0 aliphatic carbocycles. The number of nitrogens with one attached hydrogen (secondary N) is 2. The van der Waals surface area contributed by atoms with E-state index in [1.54, 1.807) is 24.3 Å². The van der Waals surface area contributed by atoms with Crippen molar-refractivity contribution in [2.24, 2.45) is 5.92 Å². The number of benzene rings is 1. The molecule has 8 heteroatoms. The van der Waals surface area contributed by atoms with Gasteiger partial charge < -0.3 is 10.1 Å². The molecule has 1 aromatic rings. The van der Waals surface area contributed by atoms with Crippen molar-refractivity contribution < 1.29 is 17.9 Å². The van der Waals surface area contributed by atoms with Gasteiger partial charge >= 0.3 is 5.97 Å². The van der Waals surface area contributed by atoms with E-state index in [9.17, 15) is 13.2 Å². The third-order valence-corrected chi connectivity index (χ3v) is 5.10. The van der Waals surface area contributed by atoms with Gasteiger partial charge in [-0.3, -0.25) is 0 Å². The quantitative estimate of drug-likeness (QED) is 0.714. The van der Waals surface area contributed by atoms with Crippen LogP contribution in [0, 0.1) is 5.92 Å². The Kier molecular flexibility index (Phi) is 7.98. The topological polar surface area (TPSA) is 84.5 Å². The van der Waals surface area contributed by atoms with Crippen molar-refractivity contribution in [3.63, 3.8) is 0 Å². The van der Waals surface area contributed by atoms with Gasteiger partial charge in [0.2, 0.25) is 10.0 Å². The Hall–Kier alpha value is -1.15. The third kappa shape index (κ3) is 6.47. The zero-order chi connectivity index (χ0) is 16.0. The van der Waals surface area contributed by atoms with Crippen LogP contribution in [-0.4, -0.2) is 41.1 Å². The molecule has 1 aromatic carbocycles. The molecule has 130 valence electrons. The maximum absolute atomic E-state index is 12.1. The summed E-state index contributed by atoms with van der Waals surface area (Å²) in [6.45, 7) is 2.42. The van der Waals surface area contributed by atoms with Crippen molar-refractivity contribution in [3.8, 4) is 0 Å². The first-order chi connectivity index (χ1) is 10.5. The second kappa shape index (κ2) is 9.22. The molecule has 1 aliphatic heterocycles. The molecule has 2 N–H and O–H groups in total. The van der Waals surface area contributed by atoms with Gasteiger partial charge in [0.15, 0.2) is 0 Å². The molecule has 1 aliphatic rings. The second-order valence-corrected chi connectivity index (χ2v) is 7.30. The molecule has 0 amide bonds. The van der Waals surface area contributed by atoms with E-state index in [4.69, 9.17) is 0 Å². The predicted octanol–water partition coefficient (Wildman–Crippen LogP) is 1.31. The zero-order valence-corrected chi connectivity index (χ0v) is 14.7. The molecule has 1 saturated heterocycles. The van der Waals surface area contributed by atoms with Crippen molar-refractivity contribution >= 4 is 28.4 Å². The van der Waals surface area contributed by atoms with Gasteiger partial charge in [-0.25, -0.2) is 17.9 Å². The molecular formula is C15H23ClN2O4S. The lowest BCUT2D eigenvalue weighted by Gasteiger charge is -2.10. The Balaban J connectivity index is 0.00000264. The maximum atomic E-state index is 12.1. The lowest BCUT2D eigenvalue weighted by Crippen LogP contribution is -2.27. The van der Waals surface area contributed by atoms with Gasteiger partial charge in [0.25, 0.3) is 0 Å². The lowest BCUT2D eigenvalue weighted by molar-refractivity contribution is 0.0600. The van der Waals surface area contributed by atoms with Crippen LogP contribution in [0.3, 0.4) is 0 Å². The fraction of sp³-hybridized carbons (Fsp3) is 0.533. The van der Waals surface area contributed by atoms with Crippen molar-refractivity contribution in [3.05, 3.63) is 35.4 Å². The monoisotopic (exact) mass is 362 g/mol. The number of carbonyl (C=O) groups is 1. The number of ether oxygens (including phenoxy) is 1. The summed E-state index contributed by atoms with van der Waals surface area (Å²) < 4.78 is 31.4. The number of carbonyl (C=O) groups excluding carboxylic acids is 1. The Bertz CT molecular complexity index is 616. The molecule has 1 unspecified atom stereocenters. The molecule has 6 nitrogen and oxygen atoms in total. The summed E-state index contributed by atoms with van der Waals surface area (Å²) in [6.07, 6.45) is 1.94. The molecule has 1 fully saturated rings. The average molecular weight is 363 g/mol. The first kappa shape index (κ1) is 19.9. The summed E-state index contributed by atoms with van der Waals surface area (Å²) in [5, 5.41) is 3.26. The van der Waals surface area contributed by atoms with Crippen LogP contribution >= 0.6 is 12.4 Å². The fourth-order valence-corrected chi connectivity index (χ4v) is 3.71. The van der Waals surface area contributed by atoms with Gasteiger partial charge in [-0.15, -0.1) is 12.4 Å². The highest BCUT2D eigenvalue weighted by atomic mass is 35.5. The number of halogens is 1. The van der Waals surface area contributed by atoms with E-state index in [1.165, 1.54) is 7.11 Å². The summed E-state index contributed by atoms with van der Waals surface area (Å²) >= 11 is 0. The van der Waals surface area contributed by atoms with E-state index >= 15 is 0 Å². The fourth-order valence-electron chi connectivity index (χ4n) is 2.56. The average Bonchev–Trinajstić information content (AvgIpc) is 2.99. The number of sulfonamides is 1. The summed E-state index contributed by atoms with van der Waals surface area (Å²) in [7, 11) is -2.10. The number of hydrogen-bond donors (Lipinski definition) is 2. The van der Waals surface area contributed by atoms with E-state index < -0.39 is 16.0 Å². The standard InChI is InChI=1S/C15H22N2O4S.ClH/c1-21-15(18)14-4-2-3-13(9-14)11-22(19,20)17-8-6-12-5-7-16-10-12;/h2-4,9,12,16-17H,5-8,10-11H2,1H3;1H. The first-order valence-corrected chi connectivity index (χ1v) is 9.01. The number of methoxy groups -OCH3 is 1. The number of esters is 1. The summed E-state index contributed by atoms with van der Waals surface area (Å²) in [4.78, 5) is 11.5. The molecule has 1 atom stereocenters. The smallest absolute Gasteiger partial charge is 0.337 e. The van der Waals surface area contributed by atoms with Crippen LogP contribution in [0.4, 0.5) is 0 Å². The second-order valence-electron chi connectivity index (χ2n) is 5.49. The Morgan fingerprint density at radius 3 is 2.87 bits per heavy atom. The normalized spacial score (nSPS) is 17.5. The van der Waals surface area contributed by atoms with Gasteiger partial charge in [0.1, 0.15) is 0 Å². The van der Waals surface area contributed by atoms with Crippen molar-refractivity contribution in [2.75, 3.05) is 26.7 Å². The summed E-state index contributed by atoms with van der Waals surface area (Å²) in [5.74, 6) is -0.0629. The van der Waals surface area contributed by atoms with E-state index in [1.807, 2.05) is 0 Å². The van der Waals surface area contributed by atoms with Crippen LogP contribution in [0.15, 0.2) is 24.3 Å². The molecule has 0 radical (unpaired) electrons. The Morgan fingerprint density at radius 2 is 2.22 bits per heavy atom. The Morgan fingerprint density at radius 1 is 1.43 bits per heavy atom. The highest BCUT2D eigenvalue weighted by molar-refractivity contribution is 7.88. The summed E-state index contributed by atoms with van der Waals surface area (Å²) in [5.41, 5.74) is 0.921. The van der Waals surface area contributed by atoms with Crippen molar-refractivity contribution in [1.82, 2.24) is 10.0 Å². The molecule has 0 aromatic heterocycles. The van der Waals surface area contributed by atoms with Gasteiger partial charge in [-0.2, -0.15) is 0 Å². The zero-order valence-electron chi connectivity index (χ0n) is 13.1. The minimum atomic E-state index is -3.40. The van der Waals surface area contributed by atoms with Crippen LogP contribution in [-0.2, 0) is 20.5 Å². The third-order valence-electron chi connectivity index (χ3n) is 3.74. The predicted molar refractivity (Wildman–Crippen MR) is 91.2 cm³/mol. The molecule has 1 heterocycles. The minimum Gasteiger partial charge on any atom is -0.465 e. The van der Waals surface area contributed by atoms with Gasteiger partial charge in [-0.05, 0) is 49.5 Å². The first-order valence-electron chi connectivity index (χ1n) is 7.35. The molecule has 0 bridgehead atoms. The molecule has 0 spiro atoms. The highest BCUT2D eigenvalue weighted by Crippen LogP contribution is 2.12. The minimum absolute atomic E-state index is 0. The number of hydrogen-bond acceptors (Lipinski definition) is 5. The van der Waals surface area contributed by atoms with E-state index in [0.717, 1.165) is 25.9 Å². The van der Waals surface area contributed by atoms with E-state index in [0.29, 0.717) is 23.6 Å². The molecular weight excluding hydrogens is 340 g/mol. The van der Waals surface area contributed by atoms with E-state index in [-0.39, 0.29) is 18.2 Å². The largest absolute Gasteiger partial charge is 0.465 e. The van der Waals surface area contributed by atoms with Crippen molar-refractivity contribution in [1.29, 1.82) is 0 Å². The Labute approximate surface area is 143 Å². The van der Waals surface area contributed by atoms with Crippen LogP contribution < -0.4 is 10.0 Å². The molecule has 2 rings (SSSR count). The molecule has 23 heavy (non-hydrogen) atoms. The van der Waals surface area contributed by atoms with Gasteiger partial charge in [0, 0.05) is 6.54 Å². The lowest BCUT2D eigenvalue weighted by atomic mass is 10.1. The van der Waals surface area contributed by atoms with E-state index in [2.05, 4.69) is 14.8 Å². The number of rotatable bonds is 7. The summed E-state index contributed by atoms with van der Waals surface area (Å²) in [6, 6.07) is 6.49. The van der Waals surface area contributed by atoms with Crippen LogP contribution in [0.2, 0.25) is 0 Å². The van der Waals surface area contributed by atoms with Crippen LogP contribution in [0.1, 0.15) is 28.8 Å². The highest BCUT2D eigenvalue weighted by Gasteiger charge is 2.17. The van der Waals surface area contributed by atoms with Crippen LogP contribution in [0.5, 0.6) is 0 Å². The van der Waals surface area contributed by atoms with Gasteiger partial charge in [-0.1, -0.05) is 12.1 Å².